The predicted molar refractivity (Wildman–Crippen MR) is 90.9 cm³/mol. The lowest BCUT2D eigenvalue weighted by molar-refractivity contribution is -0.127. The third-order valence-electron chi connectivity index (χ3n) is 3.64. The maximum absolute atomic E-state index is 12.8. The van der Waals surface area contributed by atoms with Crippen molar-refractivity contribution in [2.24, 2.45) is 0 Å². The molecule has 1 unspecified atom stereocenters. The van der Waals surface area contributed by atoms with Crippen molar-refractivity contribution in [1.29, 1.82) is 0 Å². The molecule has 1 atom stereocenters. The van der Waals surface area contributed by atoms with Gasteiger partial charge in [-0.05, 0) is 68.3 Å². The summed E-state index contributed by atoms with van der Waals surface area (Å²) >= 11 is 0. The number of halogens is 1. The van der Waals surface area contributed by atoms with E-state index in [4.69, 9.17) is 9.47 Å². The zero-order valence-electron chi connectivity index (χ0n) is 14.1. The van der Waals surface area contributed by atoms with Crippen molar-refractivity contribution in [3.63, 3.8) is 0 Å². The van der Waals surface area contributed by atoms with Gasteiger partial charge in [-0.2, -0.15) is 0 Å². The molecule has 128 valence electrons. The van der Waals surface area contributed by atoms with Gasteiger partial charge in [-0.3, -0.25) is 4.79 Å². The highest BCUT2D eigenvalue weighted by Gasteiger charge is 2.14. The van der Waals surface area contributed by atoms with Gasteiger partial charge >= 0.3 is 0 Å². The lowest BCUT2D eigenvalue weighted by atomic mass is 10.1. The second kappa shape index (κ2) is 8.34. The number of benzene rings is 2. The van der Waals surface area contributed by atoms with Crippen molar-refractivity contribution in [1.82, 2.24) is 5.32 Å². The van der Waals surface area contributed by atoms with Gasteiger partial charge < -0.3 is 14.8 Å². The second-order valence-corrected chi connectivity index (χ2v) is 5.60. The molecule has 0 heterocycles. The highest BCUT2D eigenvalue weighted by molar-refractivity contribution is 5.80. The van der Waals surface area contributed by atoms with Crippen LogP contribution in [0.15, 0.2) is 42.5 Å². The first-order valence-corrected chi connectivity index (χ1v) is 7.85. The van der Waals surface area contributed by atoms with E-state index in [1.165, 1.54) is 17.7 Å². The molecular formula is C19H22FNO3. The molecule has 2 aromatic rings. The minimum Gasteiger partial charge on any atom is -0.492 e. The van der Waals surface area contributed by atoms with E-state index in [0.29, 0.717) is 24.7 Å². The monoisotopic (exact) mass is 331 g/mol. The topological polar surface area (TPSA) is 47.6 Å². The van der Waals surface area contributed by atoms with Crippen molar-refractivity contribution in [2.45, 2.75) is 26.9 Å². The number of rotatable bonds is 7. The van der Waals surface area contributed by atoms with Gasteiger partial charge in [0.05, 0.1) is 6.54 Å². The van der Waals surface area contributed by atoms with Crippen molar-refractivity contribution in [2.75, 3.05) is 13.2 Å². The molecule has 5 heteroatoms. The first-order valence-electron chi connectivity index (χ1n) is 7.85. The van der Waals surface area contributed by atoms with E-state index in [1.54, 1.807) is 19.1 Å². The van der Waals surface area contributed by atoms with Gasteiger partial charge in [0.25, 0.3) is 5.91 Å². The second-order valence-electron chi connectivity index (χ2n) is 5.60. The van der Waals surface area contributed by atoms with Crippen LogP contribution in [0.3, 0.4) is 0 Å². The average Bonchev–Trinajstić information content (AvgIpc) is 2.56. The maximum atomic E-state index is 12.8. The molecule has 2 rings (SSSR count). The lowest BCUT2D eigenvalue weighted by Gasteiger charge is -2.15. The third-order valence-corrected chi connectivity index (χ3v) is 3.64. The van der Waals surface area contributed by atoms with E-state index in [0.717, 1.165) is 5.56 Å². The molecule has 2 aromatic carbocycles. The summed E-state index contributed by atoms with van der Waals surface area (Å²) in [6, 6.07) is 11.5. The predicted octanol–water partition coefficient (Wildman–Crippen LogP) is 3.41. The molecule has 24 heavy (non-hydrogen) atoms. The Balaban J connectivity index is 1.73. The summed E-state index contributed by atoms with van der Waals surface area (Å²) in [5.41, 5.74) is 2.30. The van der Waals surface area contributed by atoms with Crippen LogP contribution in [-0.2, 0) is 4.79 Å². The summed E-state index contributed by atoms with van der Waals surface area (Å²) in [5.74, 6) is 0.706. The Kier molecular flexibility index (Phi) is 6.18. The van der Waals surface area contributed by atoms with Crippen LogP contribution in [0.4, 0.5) is 4.39 Å². The van der Waals surface area contributed by atoms with Gasteiger partial charge in [-0.25, -0.2) is 4.39 Å². The van der Waals surface area contributed by atoms with Crippen molar-refractivity contribution in [3.8, 4) is 11.5 Å². The Morgan fingerprint density at radius 1 is 1.08 bits per heavy atom. The summed E-state index contributed by atoms with van der Waals surface area (Å²) in [4.78, 5) is 12.0. The molecule has 1 amide bonds. The molecule has 0 saturated heterocycles. The summed E-state index contributed by atoms with van der Waals surface area (Å²) in [6.45, 7) is 6.37. The standard InChI is InChI=1S/C19H22FNO3/c1-13-4-7-18(12-14(13)2)24-15(3)19(22)21-10-11-23-17-8-5-16(20)6-9-17/h4-9,12,15H,10-11H2,1-3H3,(H,21,22). The van der Waals surface area contributed by atoms with Crippen LogP contribution in [0.2, 0.25) is 0 Å². The van der Waals surface area contributed by atoms with Gasteiger partial charge in [0.15, 0.2) is 6.10 Å². The minimum absolute atomic E-state index is 0.212. The van der Waals surface area contributed by atoms with Crippen LogP contribution in [0.1, 0.15) is 18.1 Å². The van der Waals surface area contributed by atoms with Gasteiger partial charge in [-0.15, -0.1) is 0 Å². The van der Waals surface area contributed by atoms with E-state index >= 15 is 0 Å². The largest absolute Gasteiger partial charge is 0.492 e. The van der Waals surface area contributed by atoms with E-state index in [9.17, 15) is 9.18 Å². The molecule has 1 N–H and O–H groups in total. The molecule has 0 radical (unpaired) electrons. The molecule has 0 aliphatic rings. The lowest BCUT2D eigenvalue weighted by Crippen LogP contribution is -2.38. The van der Waals surface area contributed by atoms with Crippen LogP contribution >= 0.6 is 0 Å². The number of aryl methyl sites for hydroxylation is 2. The number of nitrogens with one attached hydrogen (secondary N) is 1. The molecule has 0 bridgehead atoms. The van der Waals surface area contributed by atoms with E-state index in [2.05, 4.69) is 5.32 Å². The SMILES string of the molecule is Cc1ccc(OC(C)C(=O)NCCOc2ccc(F)cc2)cc1C. The van der Waals surface area contributed by atoms with E-state index in [1.807, 2.05) is 32.0 Å². The first kappa shape index (κ1) is 17.8. The van der Waals surface area contributed by atoms with Gasteiger partial charge in [0, 0.05) is 0 Å². The molecule has 0 aliphatic heterocycles. The van der Waals surface area contributed by atoms with E-state index in [-0.39, 0.29) is 11.7 Å². The zero-order valence-corrected chi connectivity index (χ0v) is 14.1. The highest BCUT2D eigenvalue weighted by atomic mass is 19.1. The fraction of sp³-hybridized carbons (Fsp3) is 0.316. The Labute approximate surface area is 141 Å². The average molecular weight is 331 g/mol. The molecule has 0 spiro atoms. The molecule has 0 aromatic heterocycles. The number of amides is 1. The number of carbonyl (C=O) groups excluding carboxylic acids is 1. The zero-order chi connectivity index (χ0) is 17.5. The Morgan fingerprint density at radius 3 is 2.42 bits per heavy atom. The molecule has 0 fully saturated rings. The number of ether oxygens (including phenoxy) is 2. The smallest absolute Gasteiger partial charge is 0.260 e. The fourth-order valence-electron chi connectivity index (χ4n) is 2.06. The van der Waals surface area contributed by atoms with Crippen molar-refractivity contribution in [3.05, 3.63) is 59.4 Å². The summed E-state index contributed by atoms with van der Waals surface area (Å²) in [7, 11) is 0. The number of hydrogen-bond donors (Lipinski definition) is 1. The molecule has 4 nitrogen and oxygen atoms in total. The van der Waals surface area contributed by atoms with Crippen molar-refractivity contribution >= 4 is 5.91 Å². The minimum atomic E-state index is -0.599. The van der Waals surface area contributed by atoms with Crippen LogP contribution in [-0.4, -0.2) is 25.2 Å². The maximum Gasteiger partial charge on any atom is 0.260 e. The van der Waals surface area contributed by atoms with Crippen molar-refractivity contribution < 1.29 is 18.7 Å². The molecule has 0 aliphatic carbocycles. The van der Waals surface area contributed by atoms with Crippen LogP contribution < -0.4 is 14.8 Å². The Hall–Kier alpha value is -2.56. The van der Waals surface area contributed by atoms with Crippen LogP contribution in [0.25, 0.3) is 0 Å². The summed E-state index contributed by atoms with van der Waals surface area (Å²) < 4.78 is 23.8. The van der Waals surface area contributed by atoms with Crippen LogP contribution in [0.5, 0.6) is 11.5 Å². The number of hydrogen-bond acceptors (Lipinski definition) is 3. The summed E-state index contributed by atoms with van der Waals surface area (Å²) in [5, 5.41) is 2.75. The highest BCUT2D eigenvalue weighted by Crippen LogP contribution is 2.17. The van der Waals surface area contributed by atoms with Gasteiger partial charge in [0.2, 0.25) is 0 Å². The third kappa shape index (κ3) is 5.26. The Morgan fingerprint density at radius 2 is 1.75 bits per heavy atom. The quantitative estimate of drug-likeness (QED) is 0.791. The van der Waals surface area contributed by atoms with Gasteiger partial charge in [-0.1, -0.05) is 6.07 Å². The normalized spacial score (nSPS) is 11.7. The first-order chi connectivity index (χ1) is 11.5. The summed E-state index contributed by atoms with van der Waals surface area (Å²) in [6.07, 6.45) is -0.599. The van der Waals surface area contributed by atoms with Gasteiger partial charge in [0.1, 0.15) is 23.9 Å². The van der Waals surface area contributed by atoms with Crippen LogP contribution in [0, 0.1) is 19.7 Å². The number of carbonyl (C=O) groups is 1. The Bertz CT molecular complexity index is 686. The molecular weight excluding hydrogens is 309 g/mol. The molecule has 0 saturated carbocycles. The fourth-order valence-corrected chi connectivity index (χ4v) is 2.06. The van der Waals surface area contributed by atoms with E-state index < -0.39 is 6.10 Å².